The second kappa shape index (κ2) is 6.03. The van der Waals surface area contributed by atoms with Crippen LogP contribution in [0.3, 0.4) is 0 Å². The van der Waals surface area contributed by atoms with E-state index in [2.05, 4.69) is 5.32 Å². The Labute approximate surface area is 107 Å². The molecular weight excluding hydrogens is 238 g/mol. The van der Waals surface area contributed by atoms with Gasteiger partial charge in [0.05, 0.1) is 6.10 Å². The number of carbonyl (C=O) groups excluding carboxylic acids is 1. The van der Waals surface area contributed by atoms with Crippen LogP contribution in [0.15, 0.2) is 18.2 Å². The Hall–Kier alpha value is -1.06. The molecule has 0 fully saturated rings. The normalized spacial score (nSPS) is 14.2. The summed E-state index contributed by atoms with van der Waals surface area (Å²) in [5, 5.41) is 12.7. The summed E-state index contributed by atoms with van der Waals surface area (Å²) >= 11 is 5.90. The molecule has 2 atom stereocenters. The molecule has 1 amide bonds. The Morgan fingerprint density at radius 1 is 1.47 bits per heavy atom. The van der Waals surface area contributed by atoms with Gasteiger partial charge in [-0.05, 0) is 51.0 Å². The summed E-state index contributed by atoms with van der Waals surface area (Å²) in [5.41, 5.74) is 1.46. The van der Waals surface area contributed by atoms with Crippen LogP contribution in [0.4, 0.5) is 0 Å². The quantitative estimate of drug-likeness (QED) is 0.869. The highest BCUT2D eigenvalue weighted by atomic mass is 35.5. The van der Waals surface area contributed by atoms with Gasteiger partial charge in [0.15, 0.2) is 0 Å². The van der Waals surface area contributed by atoms with E-state index in [0.29, 0.717) is 17.0 Å². The zero-order chi connectivity index (χ0) is 13.0. The SMILES string of the molecule is Cc1cc(C(=O)NC(C)CC(C)O)ccc1Cl. The summed E-state index contributed by atoms with van der Waals surface area (Å²) < 4.78 is 0. The van der Waals surface area contributed by atoms with Crippen molar-refractivity contribution in [3.63, 3.8) is 0 Å². The average Bonchev–Trinajstić information content (AvgIpc) is 2.20. The Kier molecular flexibility index (Phi) is 4.97. The van der Waals surface area contributed by atoms with Crippen LogP contribution in [0.25, 0.3) is 0 Å². The van der Waals surface area contributed by atoms with E-state index in [0.717, 1.165) is 5.56 Å². The fourth-order valence-corrected chi connectivity index (χ4v) is 1.78. The van der Waals surface area contributed by atoms with E-state index in [1.54, 1.807) is 25.1 Å². The lowest BCUT2D eigenvalue weighted by Crippen LogP contribution is -2.34. The van der Waals surface area contributed by atoms with Gasteiger partial charge >= 0.3 is 0 Å². The first kappa shape index (κ1) is 14.0. The number of rotatable bonds is 4. The lowest BCUT2D eigenvalue weighted by molar-refractivity contribution is 0.0923. The average molecular weight is 256 g/mol. The summed E-state index contributed by atoms with van der Waals surface area (Å²) in [6, 6.07) is 5.11. The van der Waals surface area contributed by atoms with Gasteiger partial charge in [0, 0.05) is 16.6 Å². The smallest absolute Gasteiger partial charge is 0.251 e. The highest BCUT2D eigenvalue weighted by molar-refractivity contribution is 6.31. The molecule has 0 bridgehead atoms. The monoisotopic (exact) mass is 255 g/mol. The summed E-state index contributed by atoms with van der Waals surface area (Å²) in [4.78, 5) is 11.9. The molecule has 0 saturated carbocycles. The maximum atomic E-state index is 11.9. The van der Waals surface area contributed by atoms with E-state index >= 15 is 0 Å². The number of benzene rings is 1. The minimum Gasteiger partial charge on any atom is -0.393 e. The first-order chi connectivity index (χ1) is 7.90. The van der Waals surface area contributed by atoms with Gasteiger partial charge in [0.25, 0.3) is 5.91 Å². The molecule has 2 unspecified atom stereocenters. The van der Waals surface area contributed by atoms with Gasteiger partial charge in [-0.1, -0.05) is 11.6 Å². The Balaban J connectivity index is 2.66. The van der Waals surface area contributed by atoms with Gasteiger partial charge in [0.2, 0.25) is 0 Å². The first-order valence-electron chi connectivity index (χ1n) is 5.65. The molecule has 0 spiro atoms. The third-order valence-electron chi connectivity index (χ3n) is 2.49. The van der Waals surface area contributed by atoms with Crippen LogP contribution < -0.4 is 5.32 Å². The van der Waals surface area contributed by atoms with Crippen molar-refractivity contribution in [3.8, 4) is 0 Å². The fourth-order valence-electron chi connectivity index (χ4n) is 1.66. The first-order valence-corrected chi connectivity index (χ1v) is 6.03. The van der Waals surface area contributed by atoms with Crippen molar-refractivity contribution in [1.82, 2.24) is 5.32 Å². The zero-order valence-corrected chi connectivity index (χ0v) is 11.1. The van der Waals surface area contributed by atoms with E-state index < -0.39 is 6.10 Å². The Bertz CT molecular complexity index is 404. The number of hydrogen-bond donors (Lipinski definition) is 2. The summed E-state index contributed by atoms with van der Waals surface area (Å²) in [6.07, 6.45) is 0.121. The minimum absolute atomic E-state index is 0.0570. The maximum absolute atomic E-state index is 11.9. The van der Waals surface area contributed by atoms with Crippen LogP contribution in [0.2, 0.25) is 5.02 Å². The van der Waals surface area contributed by atoms with Crippen LogP contribution in [-0.4, -0.2) is 23.2 Å². The van der Waals surface area contributed by atoms with Crippen molar-refractivity contribution in [1.29, 1.82) is 0 Å². The largest absolute Gasteiger partial charge is 0.393 e. The maximum Gasteiger partial charge on any atom is 0.251 e. The molecule has 0 heterocycles. The van der Waals surface area contributed by atoms with Crippen molar-refractivity contribution in [2.45, 2.75) is 39.3 Å². The molecule has 17 heavy (non-hydrogen) atoms. The van der Waals surface area contributed by atoms with E-state index in [1.165, 1.54) is 0 Å². The number of hydrogen-bond acceptors (Lipinski definition) is 2. The second-order valence-corrected chi connectivity index (χ2v) is 4.83. The number of aliphatic hydroxyl groups is 1. The Morgan fingerprint density at radius 3 is 2.65 bits per heavy atom. The third-order valence-corrected chi connectivity index (χ3v) is 2.92. The molecule has 3 nitrogen and oxygen atoms in total. The lowest BCUT2D eigenvalue weighted by Gasteiger charge is -2.15. The molecule has 94 valence electrons. The molecule has 0 radical (unpaired) electrons. The van der Waals surface area contributed by atoms with Crippen LogP contribution in [-0.2, 0) is 0 Å². The highest BCUT2D eigenvalue weighted by Gasteiger charge is 2.12. The number of nitrogens with one attached hydrogen (secondary N) is 1. The molecule has 0 aliphatic heterocycles. The summed E-state index contributed by atoms with van der Waals surface area (Å²) in [5.74, 6) is -0.141. The van der Waals surface area contributed by atoms with Crippen LogP contribution >= 0.6 is 11.6 Å². The zero-order valence-electron chi connectivity index (χ0n) is 10.3. The topological polar surface area (TPSA) is 49.3 Å². The third kappa shape index (κ3) is 4.36. The number of carbonyl (C=O) groups is 1. The van der Waals surface area contributed by atoms with Gasteiger partial charge in [-0.25, -0.2) is 0 Å². The molecule has 0 aromatic heterocycles. The molecular formula is C13H18ClNO2. The fraction of sp³-hybridized carbons (Fsp3) is 0.462. The van der Waals surface area contributed by atoms with Crippen LogP contribution in [0.5, 0.6) is 0 Å². The van der Waals surface area contributed by atoms with E-state index in [-0.39, 0.29) is 11.9 Å². The summed E-state index contributed by atoms with van der Waals surface area (Å²) in [6.45, 7) is 5.43. The number of halogens is 1. The van der Waals surface area contributed by atoms with Crippen LogP contribution in [0.1, 0.15) is 36.2 Å². The highest BCUT2D eigenvalue weighted by Crippen LogP contribution is 2.16. The number of aliphatic hydroxyl groups excluding tert-OH is 1. The van der Waals surface area contributed by atoms with Gasteiger partial charge < -0.3 is 10.4 Å². The van der Waals surface area contributed by atoms with Crippen LogP contribution in [0, 0.1) is 6.92 Å². The molecule has 1 rings (SSSR count). The molecule has 0 saturated heterocycles. The molecule has 0 aliphatic carbocycles. The van der Waals surface area contributed by atoms with E-state index in [1.807, 2.05) is 13.8 Å². The predicted molar refractivity (Wildman–Crippen MR) is 69.4 cm³/mol. The standard InChI is InChI=1S/C13H18ClNO2/c1-8-6-11(4-5-12(8)14)13(17)15-9(2)7-10(3)16/h4-6,9-10,16H,7H2,1-3H3,(H,15,17). The molecule has 1 aromatic rings. The molecule has 2 N–H and O–H groups in total. The van der Waals surface area contributed by atoms with Gasteiger partial charge in [0.1, 0.15) is 0 Å². The van der Waals surface area contributed by atoms with E-state index in [4.69, 9.17) is 11.6 Å². The predicted octanol–water partition coefficient (Wildman–Crippen LogP) is 2.54. The minimum atomic E-state index is -0.419. The summed E-state index contributed by atoms with van der Waals surface area (Å²) in [7, 11) is 0. The molecule has 4 heteroatoms. The molecule has 0 aliphatic rings. The van der Waals surface area contributed by atoms with Gasteiger partial charge in [-0.2, -0.15) is 0 Å². The van der Waals surface area contributed by atoms with Crippen molar-refractivity contribution in [2.24, 2.45) is 0 Å². The molecule has 1 aromatic carbocycles. The van der Waals surface area contributed by atoms with Crippen molar-refractivity contribution in [3.05, 3.63) is 34.3 Å². The van der Waals surface area contributed by atoms with Gasteiger partial charge in [-0.3, -0.25) is 4.79 Å². The van der Waals surface area contributed by atoms with Crippen molar-refractivity contribution >= 4 is 17.5 Å². The van der Waals surface area contributed by atoms with Crippen molar-refractivity contribution < 1.29 is 9.90 Å². The van der Waals surface area contributed by atoms with E-state index in [9.17, 15) is 9.90 Å². The second-order valence-electron chi connectivity index (χ2n) is 4.42. The van der Waals surface area contributed by atoms with Crippen molar-refractivity contribution in [2.75, 3.05) is 0 Å². The number of aryl methyl sites for hydroxylation is 1. The van der Waals surface area contributed by atoms with Gasteiger partial charge in [-0.15, -0.1) is 0 Å². The number of amides is 1. The Morgan fingerprint density at radius 2 is 2.12 bits per heavy atom. The lowest BCUT2D eigenvalue weighted by atomic mass is 10.1.